The van der Waals surface area contributed by atoms with Gasteiger partial charge in [-0.3, -0.25) is 4.98 Å². The number of hydrogen-bond donors (Lipinski definition) is 1. The molecular formula is C21H20F3NO. The average Bonchev–Trinajstić information content (AvgIpc) is 2.52. The van der Waals surface area contributed by atoms with Gasteiger partial charge in [0.1, 0.15) is 0 Å². The molecule has 1 aromatic heterocycles. The van der Waals surface area contributed by atoms with Gasteiger partial charge in [-0.25, -0.2) is 0 Å². The van der Waals surface area contributed by atoms with Crippen molar-refractivity contribution in [3.8, 4) is 11.1 Å². The summed E-state index contributed by atoms with van der Waals surface area (Å²) in [4.78, 5) is 4.50. The average molecular weight is 359 g/mol. The molecule has 0 aliphatic carbocycles. The van der Waals surface area contributed by atoms with Crippen molar-refractivity contribution in [3.05, 3.63) is 64.3 Å². The zero-order chi connectivity index (χ0) is 19.2. The number of halogens is 3. The van der Waals surface area contributed by atoms with Crippen molar-refractivity contribution in [1.82, 2.24) is 4.98 Å². The highest BCUT2D eigenvalue weighted by atomic mass is 19.4. The minimum Gasteiger partial charge on any atom is -0.379 e. The molecule has 0 saturated heterocycles. The maximum Gasteiger partial charge on any atom is 0.418 e. The van der Waals surface area contributed by atoms with Crippen LogP contribution in [0.2, 0.25) is 0 Å². The van der Waals surface area contributed by atoms with Crippen molar-refractivity contribution < 1.29 is 18.3 Å². The van der Waals surface area contributed by atoms with E-state index in [9.17, 15) is 18.3 Å². The van der Waals surface area contributed by atoms with Crippen LogP contribution in [-0.4, -0.2) is 16.3 Å². The summed E-state index contributed by atoms with van der Waals surface area (Å²) in [6.45, 7) is 7.61. The summed E-state index contributed by atoms with van der Waals surface area (Å²) < 4.78 is 39.4. The van der Waals surface area contributed by atoms with Gasteiger partial charge in [-0.2, -0.15) is 13.2 Å². The van der Waals surface area contributed by atoms with E-state index in [1.165, 1.54) is 6.07 Å². The Bertz CT molecular complexity index is 969. The van der Waals surface area contributed by atoms with E-state index in [4.69, 9.17) is 0 Å². The molecule has 1 heterocycles. The highest BCUT2D eigenvalue weighted by molar-refractivity contribution is 5.97. The molecule has 0 spiro atoms. The van der Waals surface area contributed by atoms with Gasteiger partial charge in [0, 0.05) is 22.2 Å². The summed E-state index contributed by atoms with van der Waals surface area (Å²) in [6, 6.07) is 10.5. The maximum atomic E-state index is 13.1. The van der Waals surface area contributed by atoms with E-state index >= 15 is 0 Å². The smallest absolute Gasteiger partial charge is 0.379 e. The first kappa shape index (κ1) is 18.4. The fraction of sp³-hybridized carbons (Fsp3) is 0.286. The van der Waals surface area contributed by atoms with Gasteiger partial charge in [0.25, 0.3) is 0 Å². The van der Waals surface area contributed by atoms with Gasteiger partial charge in [-0.1, -0.05) is 35.9 Å². The van der Waals surface area contributed by atoms with Gasteiger partial charge in [-0.15, -0.1) is 0 Å². The fourth-order valence-electron chi connectivity index (χ4n) is 3.62. The van der Waals surface area contributed by atoms with Crippen molar-refractivity contribution in [1.29, 1.82) is 0 Å². The summed E-state index contributed by atoms with van der Waals surface area (Å²) >= 11 is 0. The van der Waals surface area contributed by atoms with Crippen molar-refractivity contribution in [2.45, 2.75) is 40.0 Å². The monoisotopic (exact) mass is 359 g/mol. The van der Waals surface area contributed by atoms with Gasteiger partial charge in [0.2, 0.25) is 0 Å². The quantitative estimate of drug-likeness (QED) is 0.634. The highest BCUT2D eigenvalue weighted by Crippen LogP contribution is 2.39. The molecule has 0 saturated carbocycles. The zero-order valence-electron chi connectivity index (χ0n) is 15.1. The third kappa shape index (κ3) is 3.19. The first-order chi connectivity index (χ1) is 12.1. The van der Waals surface area contributed by atoms with E-state index in [0.29, 0.717) is 16.6 Å². The van der Waals surface area contributed by atoms with Crippen molar-refractivity contribution >= 4 is 10.9 Å². The van der Waals surface area contributed by atoms with Crippen molar-refractivity contribution in [2.24, 2.45) is 0 Å². The van der Waals surface area contributed by atoms with E-state index in [0.717, 1.165) is 27.8 Å². The lowest BCUT2D eigenvalue weighted by molar-refractivity contribution is -0.206. The number of pyridine rings is 1. The lowest BCUT2D eigenvalue weighted by Gasteiger charge is -2.19. The van der Waals surface area contributed by atoms with E-state index in [1.54, 1.807) is 19.1 Å². The summed E-state index contributed by atoms with van der Waals surface area (Å²) in [5.41, 5.74) is 5.69. The van der Waals surface area contributed by atoms with Crippen LogP contribution in [0.4, 0.5) is 13.2 Å². The summed E-state index contributed by atoms with van der Waals surface area (Å²) in [5, 5.41) is 10.2. The Morgan fingerprint density at radius 3 is 2.15 bits per heavy atom. The number of benzene rings is 2. The molecule has 0 bridgehead atoms. The third-order valence-electron chi connectivity index (χ3n) is 4.55. The second-order valence-corrected chi connectivity index (χ2v) is 6.77. The lowest BCUT2D eigenvalue weighted by Crippen LogP contribution is -2.20. The van der Waals surface area contributed by atoms with E-state index in [-0.39, 0.29) is 5.56 Å². The minimum absolute atomic E-state index is 0.163. The molecule has 3 rings (SSSR count). The van der Waals surface area contributed by atoms with E-state index < -0.39 is 12.3 Å². The Kier molecular flexibility index (Phi) is 4.53. The Balaban J connectivity index is 2.36. The van der Waals surface area contributed by atoms with Gasteiger partial charge in [-0.05, 0) is 50.5 Å². The van der Waals surface area contributed by atoms with Crippen LogP contribution in [0.15, 0.2) is 36.4 Å². The fourth-order valence-corrected chi connectivity index (χ4v) is 3.62. The predicted octanol–water partition coefficient (Wildman–Crippen LogP) is 5.73. The molecule has 1 N–H and O–H groups in total. The van der Waals surface area contributed by atoms with Crippen LogP contribution < -0.4 is 0 Å². The SMILES string of the molecule is Cc1cc(C)c(-c2cccc3c(C(O)C(F)(F)F)cc(C)nc23)c(C)c1. The number of fused-ring (bicyclic) bond motifs is 1. The molecular weight excluding hydrogens is 339 g/mol. The van der Waals surface area contributed by atoms with Gasteiger partial charge < -0.3 is 5.11 Å². The molecule has 1 unspecified atom stereocenters. The number of rotatable bonds is 2. The molecule has 0 aliphatic heterocycles. The van der Waals surface area contributed by atoms with Crippen LogP contribution in [-0.2, 0) is 0 Å². The Hall–Kier alpha value is -2.40. The normalized spacial score (nSPS) is 13.2. The van der Waals surface area contributed by atoms with Crippen LogP contribution in [0.3, 0.4) is 0 Å². The largest absolute Gasteiger partial charge is 0.418 e. The van der Waals surface area contributed by atoms with Crippen molar-refractivity contribution in [3.63, 3.8) is 0 Å². The molecule has 0 radical (unpaired) electrons. The summed E-state index contributed by atoms with van der Waals surface area (Å²) in [6.07, 6.45) is -7.27. The van der Waals surface area contributed by atoms with E-state index in [2.05, 4.69) is 4.98 Å². The minimum atomic E-state index is -4.73. The van der Waals surface area contributed by atoms with Crippen molar-refractivity contribution in [2.75, 3.05) is 0 Å². The molecule has 2 nitrogen and oxygen atoms in total. The standard InChI is InChI=1S/C21H20F3NO/c1-11-8-12(2)18(13(3)9-11)16-7-5-6-15-17(20(26)21(22,23)24)10-14(4)25-19(15)16/h5-10,20,26H,1-4H3. The first-order valence-corrected chi connectivity index (χ1v) is 8.33. The number of para-hydroxylation sites is 1. The molecule has 0 amide bonds. The second kappa shape index (κ2) is 6.40. The van der Waals surface area contributed by atoms with Crippen LogP contribution in [0.25, 0.3) is 22.0 Å². The number of aryl methyl sites for hydroxylation is 4. The topological polar surface area (TPSA) is 33.1 Å². The number of alkyl halides is 3. The predicted molar refractivity (Wildman–Crippen MR) is 97.1 cm³/mol. The van der Waals surface area contributed by atoms with Gasteiger partial charge in [0.15, 0.2) is 6.10 Å². The van der Waals surface area contributed by atoms with Gasteiger partial charge in [0.05, 0.1) is 5.52 Å². The summed E-state index contributed by atoms with van der Waals surface area (Å²) in [7, 11) is 0. The molecule has 0 fully saturated rings. The second-order valence-electron chi connectivity index (χ2n) is 6.77. The molecule has 3 aromatic rings. The number of aliphatic hydroxyl groups is 1. The Labute approximate surface area is 150 Å². The first-order valence-electron chi connectivity index (χ1n) is 8.33. The third-order valence-corrected chi connectivity index (χ3v) is 4.55. The van der Waals surface area contributed by atoms with E-state index in [1.807, 2.05) is 39.0 Å². The zero-order valence-corrected chi connectivity index (χ0v) is 15.1. The number of hydrogen-bond acceptors (Lipinski definition) is 2. The molecule has 0 aliphatic rings. The molecule has 2 aromatic carbocycles. The lowest BCUT2D eigenvalue weighted by atomic mass is 9.91. The maximum absolute atomic E-state index is 13.1. The van der Waals surface area contributed by atoms with Crippen LogP contribution >= 0.6 is 0 Å². The summed E-state index contributed by atoms with van der Waals surface area (Å²) in [5.74, 6) is 0. The number of nitrogens with zero attached hydrogens (tertiary/aromatic N) is 1. The molecule has 5 heteroatoms. The number of aromatic nitrogens is 1. The molecule has 1 atom stereocenters. The highest BCUT2D eigenvalue weighted by Gasteiger charge is 2.40. The molecule has 26 heavy (non-hydrogen) atoms. The number of aliphatic hydroxyl groups excluding tert-OH is 1. The van der Waals surface area contributed by atoms with Crippen LogP contribution in [0, 0.1) is 27.7 Å². The molecule has 136 valence electrons. The van der Waals surface area contributed by atoms with Crippen LogP contribution in [0.1, 0.15) is 34.1 Å². The Morgan fingerprint density at radius 1 is 0.962 bits per heavy atom. The van der Waals surface area contributed by atoms with Gasteiger partial charge >= 0.3 is 6.18 Å². The Morgan fingerprint density at radius 2 is 1.58 bits per heavy atom. The van der Waals surface area contributed by atoms with Crippen LogP contribution in [0.5, 0.6) is 0 Å².